The summed E-state index contributed by atoms with van der Waals surface area (Å²) in [6.07, 6.45) is 4.82. The van der Waals surface area contributed by atoms with E-state index < -0.39 is 9.52 Å². The van der Waals surface area contributed by atoms with Crippen molar-refractivity contribution in [3.8, 4) is 0 Å². The molecular formula is C9H13N3O2S. The van der Waals surface area contributed by atoms with Gasteiger partial charge in [0.1, 0.15) is 6.33 Å². The highest BCUT2D eigenvalue weighted by Crippen LogP contribution is 2.21. The van der Waals surface area contributed by atoms with Gasteiger partial charge in [-0.2, -0.15) is 9.78 Å². The lowest BCUT2D eigenvalue weighted by Crippen LogP contribution is -2.42. The zero-order valence-electron chi connectivity index (χ0n) is 8.50. The third kappa shape index (κ3) is 1.77. The predicted octanol–water partition coefficient (Wildman–Crippen LogP) is -0.194. The third-order valence-electron chi connectivity index (χ3n) is 2.39. The maximum absolute atomic E-state index is 11.7. The van der Waals surface area contributed by atoms with Crippen LogP contribution in [-0.4, -0.2) is 35.9 Å². The van der Waals surface area contributed by atoms with Crippen molar-refractivity contribution in [2.45, 2.75) is 13.0 Å². The first-order valence-electron chi connectivity index (χ1n) is 4.64. The van der Waals surface area contributed by atoms with Gasteiger partial charge in [-0.15, -0.1) is 0 Å². The average molecular weight is 227 g/mol. The topological polar surface area (TPSA) is 56.9 Å². The first-order valence-corrected chi connectivity index (χ1v) is 6.71. The van der Waals surface area contributed by atoms with Gasteiger partial charge in [-0.3, -0.25) is 8.78 Å². The molecule has 0 bridgehead atoms. The van der Waals surface area contributed by atoms with Gasteiger partial charge in [-0.05, 0) is 22.3 Å². The molecule has 0 amide bonds. The van der Waals surface area contributed by atoms with Crippen LogP contribution in [0.15, 0.2) is 17.2 Å². The van der Waals surface area contributed by atoms with Crippen molar-refractivity contribution in [1.29, 1.82) is 0 Å². The molecule has 1 aromatic heterocycles. The van der Waals surface area contributed by atoms with E-state index in [2.05, 4.69) is 11.0 Å². The van der Waals surface area contributed by atoms with Crippen LogP contribution in [0.1, 0.15) is 13.0 Å². The summed E-state index contributed by atoms with van der Waals surface area (Å²) >= 11 is 0. The number of aromatic nitrogens is 3. The van der Waals surface area contributed by atoms with E-state index in [0.717, 1.165) is 0 Å². The second-order valence-electron chi connectivity index (χ2n) is 3.70. The van der Waals surface area contributed by atoms with Gasteiger partial charge in [0.15, 0.2) is 0 Å². The third-order valence-corrected chi connectivity index (χ3v) is 4.38. The Bertz CT molecular complexity index is 538. The quantitative estimate of drug-likeness (QED) is 0.658. The van der Waals surface area contributed by atoms with Crippen molar-refractivity contribution in [3.63, 3.8) is 0 Å². The van der Waals surface area contributed by atoms with Crippen LogP contribution in [0.25, 0.3) is 6.20 Å². The number of hydrogen-bond acceptors (Lipinski definition) is 3. The molecule has 0 spiro atoms. The number of nitrogens with zero attached hydrogens (tertiary/aromatic N) is 3. The monoisotopic (exact) mass is 227 g/mol. The second-order valence-corrected chi connectivity index (χ2v) is 6.30. The summed E-state index contributed by atoms with van der Waals surface area (Å²) in [5.74, 6) is 4.56. The maximum atomic E-state index is 11.7. The van der Waals surface area contributed by atoms with Gasteiger partial charge in [-0.1, -0.05) is 6.08 Å². The van der Waals surface area contributed by atoms with Gasteiger partial charge < -0.3 is 0 Å². The van der Waals surface area contributed by atoms with Crippen molar-refractivity contribution in [2.75, 3.05) is 11.5 Å². The molecule has 1 aliphatic heterocycles. The van der Waals surface area contributed by atoms with Gasteiger partial charge in [0.25, 0.3) is 0 Å². The van der Waals surface area contributed by atoms with Crippen molar-refractivity contribution in [3.05, 3.63) is 22.9 Å². The molecule has 1 fully saturated rings. The Morgan fingerprint density at radius 1 is 1.67 bits per heavy atom. The molecule has 5 nitrogen and oxygen atoms in total. The van der Waals surface area contributed by atoms with Gasteiger partial charge in [0.05, 0.1) is 6.04 Å². The highest BCUT2D eigenvalue weighted by molar-refractivity contribution is 8.01. The predicted molar refractivity (Wildman–Crippen MR) is 61.5 cm³/mol. The minimum atomic E-state index is -1.91. The fourth-order valence-corrected chi connectivity index (χ4v) is 3.26. The summed E-state index contributed by atoms with van der Waals surface area (Å²) in [6, 6.07) is 0.00139. The fourth-order valence-electron chi connectivity index (χ4n) is 1.64. The molecule has 1 aromatic rings. The maximum Gasteiger partial charge on any atom is 0.350 e. The Morgan fingerprint density at radius 2 is 2.33 bits per heavy atom. The SMILES string of the molecule is C=S1(=O)CC(n2cnn(/C=C\C)c2=O)C1. The van der Waals surface area contributed by atoms with E-state index in [-0.39, 0.29) is 11.7 Å². The molecule has 1 saturated heterocycles. The summed E-state index contributed by atoms with van der Waals surface area (Å²) in [6.45, 7) is 1.82. The summed E-state index contributed by atoms with van der Waals surface area (Å²) in [5.41, 5.74) is -0.187. The van der Waals surface area contributed by atoms with Crippen LogP contribution in [0.5, 0.6) is 0 Å². The molecule has 2 heterocycles. The Balaban J connectivity index is 2.29. The minimum absolute atomic E-state index is 0.00139. The molecule has 2 rings (SSSR count). The molecular weight excluding hydrogens is 214 g/mol. The molecule has 0 radical (unpaired) electrons. The molecule has 15 heavy (non-hydrogen) atoms. The molecule has 1 aliphatic rings. The van der Waals surface area contributed by atoms with Gasteiger partial charge in [0.2, 0.25) is 0 Å². The molecule has 0 N–H and O–H groups in total. The normalized spacial score (nSPS) is 30.6. The first kappa shape index (κ1) is 10.2. The van der Waals surface area contributed by atoms with Crippen LogP contribution < -0.4 is 5.69 Å². The molecule has 0 unspecified atom stereocenters. The van der Waals surface area contributed by atoms with E-state index >= 15 is 0 Å². The van der Waals surface area contributed by atoms with E-state index in [1.54, 1.807) is 12.3 Å². The molecule has 0 saturated carbocycles. The zero-order valence-corrected chi connectivity index (χ0v) is 9.31. The summed E-state index contributed by atoms with van der Waals surface area (Å²) in [7, 11) is -1.91. The van der Waals surface area contributed by atoms with E-state index in [4.69, 9.17) is 0 Å². The standard InChI is InChI=1S/C9H13N3O2S/c1-3-4-12-9(13)11(7-10-12)8-5-15(2,14)6-8/h3-4,7-8H,2,5-6H2,1H3/b4-3-. The van der Waals surface area contributed by atoms with Crippen molar-refractivity contribution >= 4 is 21.6 Å². The van der Waals surface area contributed by atoms with Crippen molar-refractivity contribution < 1.29 is 4.21 Å². The number of hydrogen-bond donors (Lipinski definition) is 0. The second kappa shape index (κ2) is 3.37. The molecule has 82 valence electrons. The Hall–Kier alpha value is -1.30. The Morgan fingerprint density at radius 3 is 2.87 bits per heavy atom. The molecule has 0 aliphatic carbocycles. The van der Waals surface area contributed by atoms with Gasteiger partial charge in [0, 0.05) is 17.7 Å². The largest absolute Gasteiger partial charge is 0.350 e. The molecule has 6 heteroatoms. The summed E-state index contributed by atoms with van der Waals surface area (Å²) < 4.78 is 14.2. The van der Waals surface area contributed by atoms with Crippen LogP contribution in [0.3, 0.4) is 0 Å². The van der Waals surface area contributed by atoms with E-state index in [9.17, 15) is 9.00 Å². The first-order chi connectivity index (χ1) is 7.03. The summed E-state index contributed by atoms with van der Waals surface area (Å²) in [5, 5.41) is 3.92. The number of rotatable bonds is 2. The lowest BCUT2D eigenvalue weighted by molar-refractivity contribution is 0.538. The average Bonchev–Trinajstić information content (AvgIpc) is 2.45. The van der Waals surface area contributed by atoms with Crippen LogP contribution >= 0.6 is 0 Å². The van der Waals surface area contributed by atoms with Gasteiger partial charge >= 0.3 is 5.69 Å². The Labute approximate surface area is 88.0 Å². The smallest absolute Gasteiger partial charge is 0.276 e. The minimum Gasteiger partial charge on any atom is -0.276 e. The lowest BCUT2D eigenvalue weighted by atomic mass is 10.4. The Kier molecular flexibility index (Phi) is 2.30. The summed E-state index contributed by atoms with van der Waals surface area (Å²) in [4.78, 5) is 11.7. The highest BCUT2D eigenvalue weighted by Gasteiger charge is 2.31. The number of allylic oxidation sites excluding steroid dienone is 1. The van der Waals surface area contributed by atoms with Crippen molar-refractivity contribution in [1.82, 2.24) is 14.3 Å². The van der Waals surface area contributed by atoms with E-state index in [0.29, 0.717) is 11.5 Å². The van der Waals surface area contributed by atoms with Crippen LogP contribution in [0.4, 0.5) is 0 Å². The molecule has 0 aromatic carbocycles. The molecule has 0 atom stereocenters. The van der Waals surface area contributed by atoms with Crippen LogP contribution in [-0.2, 0) is 9.52 Å². The lowest BCUT2D eigenvalue weighted by Gasteiger charge is -2.29. The van der Waals surface area contributed by atoms with Gasteiger partial charge in [-0.25, -0.2) is 4.79 Å². The van der Waals surface area contributed by atoms with E-state index in [1.807, 2.05) is 6.92 Å². The fraction of sp³-hybridized carbons (Fsp3) is 0.444. The van der Waals surface area contributed by atoms with Crippen LogP contribution in [0.2, 0.25) is 0 Å². The zero-order chi connectivity index (χ0) is 11.1. The van der Waals surface area contributed by atoms with E-state index in [1.165, 1.54) is 15.6 Å². The highest BCUT2D eigenvalue weighted by atomic mass is 32.2. The van der Waals surface area contributed by atoms with Crippen LogP contribution in [0, 0.1) is 0 Å². The van der Waals surface area contributed by atoms with Crippen molar-refractivity contribution in [2.24, 2.45) is 0 Å².